The van der Waals surface area contributed by atoms with E-state index >= 15 is 0 Å². The highest BCUT2D eigenvalue weighted by Crippen LogP contribution is 2.17. The first-order chi connectivity index (χ1) is 11.0. The first-order valence-corrected chi connectivity index (χ1v) is 7.85. The van der Waals surface area contributed by atoms with Crippen molar-refractivity contribution in [3.63, 3.8) is 0 Å². The minimum Gasteiger partial charge on any atom is -0.480 e. The lowest BCUT2D eigenvalue weighted by molar-refractivity contribution is -0.140. The van der Waals surface area contributed by atoms with Gasteiger partial charge in [0.05, 0.1) is 0 Å². The Morgan fingerprint density at radius 3 is 2.74 bits per heavy atom. The predicted octanol–water partition coefficient (Wildman–Crippen LogP) is 2.51. The van der Waals surface area contributed by atoms with Crippen LogP contribution in [0.25, 0.3) is 10.9 Å². The lowest BCUT2D eigenvalue weighted by Gasteiger charge is -2.20. The third kappa shape index (κ3) is 4.25. The van der Waals surface area contributed by atoms with Crippen molar-refractivity contribution in [2.45, 2.75) is 32.7 Å². The molecule has 1 heterocycles. The van der Waals surface area contributed by atoms with Crippen LogP contribution in [0, 0.1) is 5.92 Å². The van der Waals surface area contributed by atoms with E-state index in [-0.39, 0.29) is 5.92 Å². The summed E-state index contributed by atoms with van der Waals surface area (Å²) >= 11 is 0. The van der Waals surface area contributed by atoms with Gasteiger partial charge >= 0.3 is 12.0 Å². The number of amides is 2. The SMILES string of the molecule is CCC(C)C(NC(=O)NCCc1c[nH]c2ccccc12)C(=O)O. The van der Waals surface area contributed by atoms with Crippen LogP contribution >= 0.6 is 0 Å². The van der Waals surface area contributed by atoms with Crippen molar-refractivity contribution in [1.29, 1.82) is 0 Å². The Morgan fingerprint density at radius 1 is 1.30 bits per heavy atom. The number of aromatic amines is 1. The molecule has 0 aliphatic heterocycles. The van der Waals surface area contributed by atoms with Gasteiger partial charge in [0.25, 0.3) is 0 Å². The van der Waals surface area contributed by atoms with Gasteiger partial charge in [-0.25, -0.2) is 9.59 Å². The molecule has 0 saturated carbocycles. The van der Waals surface area contributed by atoms with E-state index in [9.17, 15) is 14.7 Å². The zero-order valence-electron chi connectivity index (χ0n) is 13.4. The normalized spacial score (nSPS) is 13.5. The molecule has 2 rings (SSSR count). The number of H-pyrrole nitrogens is 1. The number of nitrogens with one attached hydrogen (secondary N) is 3. The molecular formula is C17H23N3O3. The molecule has 0 spiro atoms. The summed E-state index contributed by atoms with van der Waals surface area (Å²) in [5.41, 5.74) is 2.19. The number of urea groups is 1. The van der Waals surface area contributed by atoms with Gasteiger partial charge in [0.2, 0.25) is 0 Å². The van der Waals surface area contributed by atoms with Gasteiger partial charge in [-0.15, -0.1) is 0 Å². The fourth-order valence-corrected chi connectivity index (χ4v) is 2.52. The van der Waals surface area contributed by atoms with Gasteiger partial charge in [-0.1, -0.05) is 38.5 Å². The van der Waals surface area contributed by atoms with E-state index in [1.54, 1.807) is 0 Å². The van der Waals surface area contributed by atoms with Gasteiger partial charge in [0.1, 0.15) is 6.04 Å². The van der Waals surface area contributed by atoms with E-state index in [2.05, 4.69) is 15.6 Å². The molecular weight excluding hydrogens is 294 g/mol. The smallest absolute Gasteiger partial charge is 0.326 e. The lowest BCUT2D eigenvalue weighted by Crippen LogP contribution is -2.49. The first-order valence-electron chi connectivity index (χ1n) is 7.85. The molecule has 0 fully saturated rings. The van der Waals surface area contributed by atoms with Crippen LogP contribution in [0.1, 0.15) is 25.8 Å². The molecule has 2 aromatic rings. The Morgan fingerprint density at radius 2 is 2.04 bits per heavy atom. The van der Waals surface area contributed by atoms with Crippen molar-refractivity contribution in [2.24, 2.45) is 5.92 Å². The van der Waals surface area contributed by atoms with Crippen LogP contribution in [0.4, 0.5) is 4.79 Å². The quantitative estimate of drug-likeness (QED) is 0.632. The number of hydrogen-bond acceptors (Lipinski definition) is 2. The molecule has 0 radical (unpaired) electrons. The number of benzene rings is 1. The van der Waals surface area contributed by atoms with Crippen LogP contribution in [0.3, 0.4) is 0 Å². The van der Waals surface area contributed by atoms with E-state index in [4.69, 9.17) is 0 Å². The predicted molar refractivity (Wildman–Crippen MR) is 89.4 cm³/mol. The molecule has 0 bridgehead atoms. The molecule has 2 amide bonds. The van der Waals surface area contributed by atoms with Gasteiger partial charge in [-0.05, 0) is 24.0 Å². The maximum Gasteiger partial charge on any atom is 0.326 e. The summed E-state index contributed by atoms with van der Waals surface area (Å²) in [6, 6.07) is 6.66. The average molecular weight is 317 g/mol. The zero-order chi connectivity index (χ0) is 16.8. The van der Waals surface area contributed by atoms with Crippen molar-refractivity contribution < 1.29 is 14.7 Å². The number of carboxylic acid groups (broad SMARTS) is 1. The first kappa shape index (κ1) is 16.9. The van der Waals surface area contributed by atoms with Crippen molar-refractivity contribution in [3.05, 3.63) is 36.0 Å². The minimum absolute atomic E-state index is 0.119. The van der Waals surface area contributed by atoms with Crippen molar-refractivity contribution in [3.8, 4) is 0 Å². The van der Waals surface area contributed by atoms with Crippen LogP contribution < -0.4 is 10.6 Å². The Labute approximate surface area is 135 Å². The number of aliphatic carboxylic acids is 1. The van der Waals surface area contributed by atoms with Crippen LogP contribution in [-0.2, 0) is 11.2 Å². The van der Waals surface area contributed by atoms with Gasteiger partial charge < -0.3 is 20.7 Å². The number of rotatable bonds is 7. The van der Waals surface area contributed by atoms with Gasteiger partial charge in [0, 0.05) is 23.6 Å². The second kappa shape index (κ2) is 7.67. The van der Waals surface area contributed by atoms with E-state index in [0.29, 0.717) is 19.4 Å². The number of para-hydroxylation sites is 1. The second-order valence-electron chi connectivity index (χ2n) is 5.71. The third-order valence-electron chi connectivity index (χ3n) is 4.12. The summed E-state index contributed by atoms with van der Waals surface area (Å²) in [5, 5.41) is 15.6. The average Bonchev–Trinajstić information content (AvgIpc) is 2.95. The van der Waals surface area contributed by atoms with E-state index in [0.717, 1.165) is 16.5 Å². The highest BCUT2D eigenvalue weighted by atomic mass is 16.4. The summed E-state index contributed by atoms with van der Waals surface area (Å²) in [6.45, 7) is 4.16. The van der Waals surface area contributed by atoms with Gasteiger partial charge in [-0.3, -0.25) is 0 Å². The summed E-state index contributed by atoms with van der Waals surface area (Å²) in [7, 11) is 0. The maximum absolute atomic E-state index is 11.9. The van der Waals surface area contributed by atoms with Crippen molar-refractivity contribution in [2.75, 3.05) is 6.54 Å². The molecule has 2 atom stereocenters. The largest absolute Gasteiger partial charge is 0.480 e. The third-order valence-corrected chi connectivity index (χ3v) is 4.12. The number of hydrogen-bond donors (Lipinski definition) is 4. The lowest BCUT2D eigenvalue weighted by atomic mass is 9.99. The molecule has 23 heavy (non-hydrogen) atoms. The summed E-state index contributed by atoms with van der Waals surface area (Å²) in [5.74, 6) is -1.13. The zero-order valence-corrected chi connectivity index (χ0v) is 13.4. The fourth-order valence-electron chi connectivity index (χ4n) is 2.52. The van der Waals surface area contributed by atoms with Crippen LogP contribution in [0.5, 0.6) is 0 Å². The fraction of sp³-hybridized carbons (Fsp3) is 0.412. The number of fused-ring (bicyclic) bond motifs is 1. The minimum atomic E-state index is -1.01. The van der Waals surface area contributed by atoms with Crippen molar-refractivity contribution in [1.82, 2.24) is 15.6 Å². The number of carbonyl (C=O) groups is 2. The molecule has 6 nitrogen and oxygen atoms in total. The van der Waals surface area contributed by atoms with Crippen LogP contribution in [0.2, 0.25) is 0 Å². The van der Waals surface area contributed by atoms with Crippen LogP contribution in [0.15, 0.2) is 30.5 Å². The van der Waals surface area contributed by atoms with Crippen molar-refractivity contribution >= 4 is 22.9 Å². The van der Waals surface area contributed by atoms with E-state index < -0.39 is 18.0 Å². The van der Waals surface area contributed by atoms with E-state index in [1.807, 2.05) is 44.3 Å². The number of aromatic nitrogens is 1. The summed E-state index contributed by atoms with van der Waals surface area (Å²) < 4.78 is 0. The Balaban J connectivity index is 1.86. The molecule has 0 aliphatic carbocycles. The van der Waals surface area contributed by atoms with E-state index in [1.165, 1.54) is 0 Å². The summed E-state index contributed by atoms with van der Waals surface area (Å²) in [4.78, 5) is 26.3. The van der Waals surface area contributed by atoms with Gasteiger partial charge in [0.15, 0.2) is 0 Å². The molecule has 0 aliphatic rings. The topological polar surface area (TPSA) is 94.2 Å². The second-order valence-corrected chi connectivity index (χ2v) is 5.71. The molecule has 1 aromatic heterocycles. The molecule has 6 heteroatoms. The Hall–Kier alpha value is -2.50. The monoisotopic (exact) mass is 317 g/mol. The standard InChI is InChI=1S/C17H23N3O3/c1-3-11(2)15(16(21)22)20-17(23)18-9-8-12-10-19-14-7-5-4-6-13(12)14/h4-7,10-11,15,19H,3,8-9H2,1-2H3,(H,21,22)(H2,18,20,23). The molecule has 124 valence electrons. The Bertz CT molecular complexity index is 681. The maximum atomic E-state index is 11.9. The molecule has 4 N–H and O–H groups in total. The number of carbonyl (C=O) groups excluding carboxylic acids is 1. The molecule has 2 unspecified atom stereocenters. The highest BCUT2D eigenvalue weighted by molar-refractivity contribution is 5.84. The summed E-state index contributed by atoms with van der Waals surface area (Å²) in [6.07, 6.45) is 3.30. The van der Waals surface area contributed by atoms with Crippen LogP contribution in [-0.4, -0.2) is 34.7 Å². The Kier molecular flexibility index (Phi) is 5.62. The van der Waals surface area contributed by atoms with Gasteiger partial charge in [-0.2, -0.15) is 0 Å². The highest BCUT2D eigenvalue weighted by Gasteiger charge is 2.25. The number of carboxylic acids is 1. The molecule has 1 aromatic carbocycles. The molecule has 0 saturated heterocycles.